The number of hydrogen-bond donors (Lipinski definition) is 0. The van der Waals surface area contributed by atoms with E-state index in [2.05, 4.69) is 204 Å². The number of aromatic nitrogens is 1. The lowest BCUT2D eigenvalue weighted by molar-refractivity contribution is 1.19. The zero-order valence-corrected chi connectivity index (χ0v) is 28.6. The lowest BCUT2D eigenvalue weighted by Crippen LogP contribution is -2.10. The summed E-state index contributed by atoms with van der Waals surface area (Å²) in [5, 5.41) is 5.02. The third kappa shape index (κ3) is 4.93. The Morgan fingerprint density at radius 2 is 0.961 bits per heavy atom. The molecule has 0 unspecified atom stereocenters. The first kappa shape index (κ1) is 29.5. The Bertz CT molecular complexity index is 2820. The lowest BCUT2D eigenvalue weighted by Gasteiger charge is -2.27. The standard InChI is InChI=1S/C48H32N2S/c1-3-13-33(14-4-1)34-25-29-38(30-26-34)49(44-24-11-16-35-15-7-8-19-40(35)44)39-31-27-36(28-32-39)41-21-12-22-43-46-48(51-47(41)43)42-20-9-10-23-45(42)50(46)37-17-5-2-6-18-37/h1-32H. The smallest absolute Gasteiger partial charge is 0.0727 e. The molecule has 0 aliphatic rings. The van der Waals surface area contributed by atoms with Gasteiger partial charge in [0.15, 0.2) is 0 Å². The maximum absolute atomic E-state index is 2.43. The highest BCUT2D eigenvalue weighted by atomic mass is 32.1. The molecular weight excluding hydrogens is 637 g/mol. The average Bonchev–Trinajstić information content (AvgIpc) is 3.74. The number of thiophene rings is 1. The van der Waals surface area contributed by atoms with Crippen molar-refractivity contribution in [3.8, 4) is 27.9 Å². The van der Waals surface area contributed by atoms with Gasteiger partial charge in [-0.25, -0.2) is 0 Å². The summed E-state index contributed by atoms with van der Waals surface area (Å²) >= 11 is 1.90. The van der Waals surface area contributed by atoms with Gasteiger partial charge in [-0.2, -0.15) is 0 Å². The van der Waals surface area contributed by atoms with E-state index in [1.165, 1.54) is 69.9 Å². The molecule has 3 heteroatoms. The van der Waals surface area contributed by atoms with Crippen LogP contribution in [0.15, 0.2) is 194 Å². The molecule has 10 aromatic rings. The molecule has 10 rings (SSSR count). The van der Waals surface area contributed by atoms with Gasteiger partial charge >= 0.3 is 0 Å². The maximum atomic E-state index is 2.43. The highest BCUT2D eigenvalue weighted by Crippen LogP contribution is 2.46. The Kier molecular flexibility index (Phi) is 7.04. The molecule has 2 aromatic heterocycles. The summed E-state index contributed by atoms with van der Waals surface area (Å²) in [5.74, 6) is 0. The number of rotatable bonds is 6. The van der Waals surface area contributed by atoms with Crippen LogP contribution >= 0.6 is 11.3 Å². The van der Waals surface area contributed by atoms with Gasteiger partial charge in [-0.3, -0.25) is 0 Å². The van der Waals surface area contributed by atoms with Crippen LogP contribution in [-0.2, 0) is 0 Å². The second-order valence-corrected chi connectivity index (χ2v) is 14.0. The van der Waals surface area contributed by atoms with E-state index in [1.54, 1.807) is 0 Å². The van der Waals surface area contributed by atoms with Crippen molar-refractivity contribution in [1.29, 1.82) is 0 Å². The first-order chi connectivity index (χ1) is 25.3. The van der Waals surface area contributed by atoms with E-state index >= 15 is 0 Å². The molecule has 51 heavy (non-hydrogen) atoms. The van der Waals surface area contributed by atoms with Gasteiger partial charge in [0, 0.05) is 37.9 Å². The van der Waals surface area contributed by atoms with E-state index in [0.29, 0.717) is 0 Å². The van der Waals surface area contributed by atoms with Crippen LogP contribution in [0.5, 0.6) is 0 Å². The first-order valence-corrected chi connectivity index (χ1v) is 18.2. The van der Waals surface area contributed by atoms with Crippen molar-refractivity contribution in [1.82, 2.24) is 4.57 Å². The van der Waals surface area contributed by atoms with Crippen LogP contribution in [0.3, 0.4) is 0 Å². The number of anilines is 3. The highest BCUT2D eigenvalue weighted by molar-refractivity contribution is 7.27. The van der Waals surface area contributed by atoms with Gasteiger partial charge in [-0.05, 0) is 76.2 Å². The fraction of sp³-hybridized carbons (Fsp3) is 0. The number of nitrogens with zero attached hydrogens (tertiary/aromatic N) is 2. The number of hydrogen-bond acceptors (Lipinski definition) is 2. The van der Waals surface area contributed by atoms with Gasteiger partial charge in [-0.1, -0.05) is 146 Å². The third-order valence-corrected chi connectivity index (χ3v) is 11.3. The van der Waals surface area contributed by atoms with Crippen LogP contribution in [0.2, 0.25) is 0 Å². The Hall–Kier alpha value is -6.42. The van der Waals surface area contributed by atoms with Gasteiger partial charge in [0.2, 0.25) is 0 Å². The highest BCUT2D eigenvalue weighted by Gasteiger charge is 2.20. The number of fused-ring (bicyclic) bond motifs is 6. The molecule has 0 atom stereocenters. The van der Waals surface area contributed by atoms with E-state index in [-0.39, 0.29) is 0 Å². The SMILES string of the molecule is c1ccc(-c2ccc(N(c3ccc(-c4cccc5c4sc4c6ccccc6n(-c6ccccc6)c54)cc3)c3cccc4ccccc34)cc2)cc1. The Morgan fingerprint density at radius 3 is 1.73 bits per heavy atom. The summed E-state index contributed by atoms with van der Waals surface area (Å²) in [6.45, 7) is 0. The molecule has 0 saturated heterocycles. The molecule has 240 valence electrons. The third-order valence-electron chi connectivity index (χ3n) is 9.99. The summed E-state index contributed by atoms with van der Waals surface area (Å²) in [7, 11) is 0. The first-order valence-electron chi connectivity index (χ1n) is 17.4. The molecule has 0 N–H and O–H groups in total. The molecule has 0 bridgehead atoms. The fourth-order valence-corrected chi connectivity index (χ4v) is 8.97. The van der Waals surface area contributed by atoms with E-state index in [0.717, 1.165) is 17.1 Å². The van der Waals surface area contributed by atoms with Crippen molar-refractivity contribution >= 4 is 70.4 Å². The number of para-hydroxylation sites is 2. The molecule has 0 amide bonds. The van der Waals surface area contributed by atoms with Gasteiger partial charge in [0.1, 0.15) is 0 Å². The molecule has 0 spiro atoms. The summed E-state index contributed by atoms with van der Waals surface area (Å²) in [4.78, 5) is 2.38. The van der Waals surface area contributed by atoms with E-state index in [1.807, 2.05) is 11.3 Å². The molecule has 8 aromatic carbocycles. The topological polar surface area (TPSA) is 8.17 Å². The Morgan fingerprint density at radius 1 is 0.392 bits per heavy atom. The van der Waals surface area contributed by atoms with Crippen LogP contribution in [0, 0.1) is 0 Å². The predicted octanol–water partition coefficient (Wildman–Crippen LogP) is 14.0. The minimum Gasteiger partial charge on any atom is -0.310 e. The van der Waals surface area contributed by atoms with Crippen LogP contribution in [0.1, 0.15) is 0 Å². The summed E-state index contributed by atoms with van der Waals surface area (Å²) in [5.41, 5.74) is 12.0. The lowest BCUT2D eigenvalue weighted by atomic mass is 10.0. The number of benzene rings is 8. The van der Waals surface area contributed by atoms with E-state index < -0.39 is 0 Å². The van der Waals surface area contributed by atoms with Crippen LogP contribution in [0.25, 0.3) is 69.9 Å². The predicted molar refractivity (Wildman–Crippen MR) is 219 cm³/mol. The minimum atomic E-state index is 1.12. The van der Waals surface area contributed by atoms with Gasteiger partial charge in [-0.15, -0.1) is 11.3 Å². The molecule has 2 nitrogen and oxygen atoms in total. The summed E-state index contributed by atoms with van der Waals surface area (Å²) in [6, 6.07) is 70.1. The van der Waals surface area contributed by atoms with Crippen LogP contribution in [-0.4, -0.2) is 4.57 Å². The van der Waals surface area contributed by atoms with Gasteiger partial charge in [0.25, 0.3) is 0 Å². The van der Waals surface area contributed by atoms with Crippen molar-refractivity contribution in [2.45, 2.75) is 0 Å². The van der Waals surface area contributed by atoms with Crippen LogP contribution in [0.4, 0.5) is 17.1 Å². The zero-order valence-electron chi connectivity index (χ0n) is 27.8. The minimum absolute atomic E-state index is 1.12. The second-order valence-electron chi connectivity index (χ2n) is 12.9. The van der Waals surface area contributed by atoms with Crippen molar-refractivity contribution < 1.29 is 0 Å². The van der Waals surface area contributed by atoms with Crippen LogP contribution < -0.4 is 4.90 Å². The van der Waals surface area contributed by atoms with Crippen molar-refractivity contribution in [2.75, 3.05) is 4.90 Å². The molecule has 2 heterocycles. The van der Waals surface area contributed by atoms with Crippen molar-refractivity contribution in [3.63, 3.8) is 0 Å². The van der Waals surface area contributed by atoms with Gasteiger partial charge in [0.05, 0.1) is 21.4 Å². The molecule has 0 aliphatic heterocycles. The average molecular weight is 669 g/mol. The van der Waals surface area contributed by atoms with Crippen molar-refractivity contribution in [3.05, 3.63) is 194 Å². The normalized spacial score (nSPS) is 11.5. The fourth-order valence-electron chi connectivity index (χ4n) is 7.62. The molecule has 0 fully saturated rings. The largest absolute Gasteiger partial charge is 0.310 e. The zero-order chi connectivity index (χ0) is 33.7. The summed E-state index contributed by atoms with van der Waals surface area (Å²) in [6.07, 6.45) is 0. The monoisotopic (exact) mass is 668 g/mol. The Balaban J connectivity index is 1.11. The second kappa shape index (κ2) is 12.2. The van der Waals surface area contributed by atoms with E-state index in [4.69, 9.17) is 0 Å². The summed E-state index contributed by atoms with van der Waals surface area (Å²) < 4.78 is 5.07. The molecule has 0 saturated carbocycles. The maximum Gasteiger partial charge on any atom is 0.0727 e. The van der Waals surface area contributed by atoms with Crippen molar-refractivity contribution in [2.24, 2.45) is 0 Å². The molecular formula is C48H32N2S. The molecule has 0 aliphatic carbocycles. The van der Waals surface area contributed by atoms with E-state index in [9.17, 15) is 0 Å². The van der Waals surface area contributed by atoms with Gasteiger partial charge < -0.3 is 9.47 Å². The molecule has 0 radical (unpaired) electrons. The Labute approximate surface area is 300 Å². The quantitative estimate of drug-likeness (QED) is 0.171.